The molecule has 1 fully saturated rings. The second-order valence-corrected chi connectivity index (χ2v) is 4.29. The number of rotatable bonds is 1. The molecular weight excluding hydrogens is 202 g/mol. The van der Waals surface area contributed by atoms with Crippen LogP contribution in [0.2, 0.25) is 5.02 Å². The summed E-state index contributed by atoms with van der Waals surface area (Å²) in [5.74, 6) is 0.0545. The smallest absolute Gasteiger partial charge is 0.134 e. The zero-order valence-corrected chi connectivity index (χ0v) is 8.33. The Kier molecular flexibility index (Phi) is 2.18. The molecular formula is C10H12ClNO2. The number of hydrogen-bond acceptors (Lipinski definition) is 3. The molecule has 0 heterocycles. The molecule has 0 bridgehead atoms. The summed E-state index contributed by atoms with van der Waals surface area (Å²) in [7, 11) is 0. The second kappa shape index (κ2) is 3.12. The molecule has 1 aromatic rings. The number of halogens is 1. The first-order valence-corrected chi connectivity index (χ1v) is 4.85. The van der Waals surface area contributed by atoms with E-state index in [1.165, 1.54) is 6.07 Å². The minimum Gasteiger partial charge on any atom is -0.506 e. The summed E-state index contributed by atoms with van der Waals surface area (Å²) in [6.07, 6.45) is 0.787. The van der Waals surface area contributed by atoms with Gasteiger partial charge in [-0.1, -0.05) is 17.7 Å². The number of hydrogen-bond donors (Lipinski definition) is 3. The maximum Gasteiger partial charge on any atom is 0.134 e. The lowest BCUT2D eigenvalue weighted by molar-refractivity contribution is 0.0209. The largest absolute Gasteiger partial charge is 0.506 e. The van der Waals surface area contributed by atoms with Gasteiger partial charge in [-0.2, -0.15) is 0 Å². The van der Waals surface area contributed by atoms with Gasteiger partial charge in [0.05, 0.1) is 11.1 Å². The Bertz CT molecular complexity index is 361. The van der Waals surface area contributed by atoms with Crippen LogP contribution in [0.4, 0.5) is 0 Å². The molecule has 1 aliphatic rings. The Balaban J connectivity index is 2.29. The van der Waals surface area contributed by atoms with Crippen molar-refractivity contribution in [2.24, 2.45) is 5.73 Å². The van der Waals surface area contributed by atoms with Crippen LogP contribution in [-0.2, 0) is 5.54 Å². The van der Waals surface area contributed by atoms with Crippen LogP contribution in [0.15, 0.2) is 18.2 Å². The van der Waals surface area contributed by atoms with E-state index in [-0.39, 0.29) is 11.9 Å². The third-order valence-corrected chi connectivity index (χ3v) is 3.03. The maximum atomic E-state index is 9.23. The quantitative estimate of drug-likeness (QED) is 0.660. The molecule has 1 aromatic carbocycles. The molecule has 2 rings (SSSR count). The monoisotopic (exact) mass is 213 g/mol. The summed E-state index contributed by atoms with van der Waals surface area (Å²) < 4.78 is 0. The molecule has 0 unspecified atom stereocenters. The molecule has 0 saturated heterocycles. The molecule has 4 N–H and O–H groups in total. The highest BCUT2D eigenvalue weighted by atomic mass is 35.5. The minimum absolute atomic E-state index is 0.0545. The van der Waals surface area contributed by atoms with Crippen molar-refractivity contribution in [2.45, 2.75) is 24.5 Å². The van der Waals surface area contributed by atoms with Crippen LogP contribution in [0.5, 0.6) is 5.75 Å². The zero-order valence-electron chi connectivity index (χ0n) is 7.57. The van der Waals surface area contributed by atoms with Crippen LogP contribution in [0, 0.1) is 0 Å². The molecule has 0 aliphatic heterocycles. The average molecular weight is 214 g/mol. The standard InChI is InChI=1S/C10H12ClNO2/c11-8-3-6(1-2-9(8)14)10(12)4-7(13)5-10/h1-3,7,13-14H,4-5,12H2. The zero-order chi connectivity index (χ0) is 10.3. The van der Waals surface area contributed by atoms with E-state index in [4.69, 9.17) is 17.3 Å². The topological polar surface area (TPSA) is 66.5 Å². The lowest BCUT2D eigenvalue weighted by Crippen LogP contribution is -2.51. The summed E-state index contributed by atoms with van der Waals surface area (Å²) in [4.78, 5) is 0. The highest BCUT2D eigenvalue weighted by molar-refractivity contribution is 6.32. The van der Waals surface area contributed by atoms with E-state index in [9.17, 15) is 10.2 Å². The van der Waals surface area contributed by atoms with Crippen LogP contribution in [0.1, 0.15) is 18.4 Å². The van der Waals surface area contributed by atoms with Crippen molar-refractivity contribution in [2.75, 3.05) is 0 Å². The number of phenolic OH excluding ortho intramolecular Hbond substituents is 1. The summed E-state index contributed by atoms with van der Waals surface area (Å²) in [5, 5.41) is 18.7. The van der Waals surface area contributed by atoms with E-state index >= 15 is 0 Å². The van der Waals surface area contributed by atoms with Gasteiger partial charge in [0.25, 0.3) is 0 Å². The lowest BCUT2D eigenvalue weighted by Gasteiger charge is -2.42. The van der Waals surface area contributed by atoms with Gasteiger partial charge in [0.1, 0.15) is 5.75 Å². The van der Waals surface area contributed by atoms with Gasteiger partial charge in [0.15, 0.2) is 0 Å². The van der Waals surface area contributed by atoms with E-state index in [0.29, 0.717) is 17.9 Å². The van der Waals surface area contributed by atoms with Crippen molar-refractivity contribution in [3.05, 3.63) is 28.8 Å². The van der Waals surface area contributed by atoms with Crippen LogP contribution in [0.25, 0.3) is 0 Å². The fourth-order valence-electron chi connectivity index (χ4n) is 1.83. The Morgan fingerprint density at radius 3 is 2.57 bits per heavy atom. The van der Waals surface area contributed by atoms with E-state index in [1.54, 1.807) is 12.1 Å². The highest BCUT2D eigenvalue weighted by Gasteiger charge is 2.41. The van der Waals surface area contributed by atoms with Crippen molar-refractivity contribution < 1.29 is 10.2 Å². The van der Waals surface area contributed by atoms with E-state index in [2.05, 4.69) is 0 Å². The molecule has 3 nitrogen and oxygen atoms in total. The van der Waals surface area contributed by atoms with Crippen molar-refractivity contribution in [1.82, 2.24) is 0 Å². The van der Waals surface area contributed by atoms with E-state index in [0.717, 1.165) is 5.56 Å². The lowest BCUT2D eigenvalue weighted by atomic mass is 9.71. The summed E-state index contributed by atoms with van der Waals surface area (Å²) in [5.41, 5.74) is 6.42. The number of aliphatic hydroxyl groups is 1. The van der Waals surface area contributed by atoms with Crippen molar-refractivity contribution >= 4 is 11.6 Å². The van der Waals surface area contributed by atoms with Crippen molar-refractivity contribution in [1.29, 1.82) is 0 Å². The molecule has 4 heteroatoms. The minimum atomic E-state index is -0.475. The number of aliphatic hydroxyl groups excluding tert-OH is 1. The third kappa shape index (κ3) is 1.47. The number of nitrogens with two attached hydrogens (primary N) is 1. The third-order valence-electron chi connectivity index (χ3n) is 2.72. The second-order valence-electron chi connectivity index (χ2n) is 3.88. The van der Waals surface area contributed by atoms with Gasteiger partial charge in [0, 0.05) is 5.54 Å². The van der Waals surface area contributed by atoms with Crippen LogP contribution >= 0.6 is 11.6 Å². The number of aromatic hydroxyl groups is 1. The van der Waals surface area contributed by atoms with Gasteiger partial charge < -0.3 is 15.9 Å². The summed E-state index contributed by atoms with van der Waals surface area (Å²) in [6, 6.07) is 4.92. The Morgan fingerprint density at radius 2 is 2.07 bits per heavy atom. The summed E-state index contributed by atoms with van der Waals surface area (Å²) in [6.45, 7) is 0. The average Bonchev–Trinajstić information content (AvgIpc) is 2.07. The van der Waals surface area contributed by atoms with Gasteiger partial charge in [-0.15, -0.1) is 0 Å². The molecule has 1 aliphatic carbocycles. The number of benzene rings is 1. The predicted molar refractivity (Wildman–Crippen MR) is 54.2 cm³/mol. The Morgan fingerprint density at radius 1 is 1.43 bits per heavy atom. The van der Waals surface area contributed by atoms with E-state index in [1.807, 2.05) is 0 Å². The molecule has 0 spiro atoms. The fraction of sp³-hybridized carbons (Fsp3) is 0.400. The maximum absolute atomic E-state index is 9.23. The molecule has 76 valence electrons. The van der Waals surface area contributed by atoms with Crippen molar-refractivity contribution in [3.63, 3.8) is 0 Å². The van der Waals surface area contributed by atoms with Gasteiger partial charge in [-0.05, 0) is 30.5 Å². The molecule has 1 saturated carbocycles. The van der Waals surface area contributed by atoms with Gasteiger partial charge >= 0.3 is 0 Å². The van der Waals surface area contributed by atoms with Gasteiger partial charge in [-0.25, -0.2) is 0 Å². The Labute approximate surface area is 87.1 Å². The SMILES string of the molecule is NC1(c2ccc(O)c(Cl)c2)CC(O)C1. The first kappa shape index (κ1) is 9.77. The van der Waals surface area contributed by atoms with Crippen LogP contribution < -0.4 is 5.73 Å². The number of phenols is 1. The molecule has 0 radical (unpaired) electrons. The first-order chi connectivity index (χ1) is 6.51. The fourth-order valence-corrected chi connectivity index (χ4v) is 2.01. The Hall–Kier alpha value is -0.770. The predicted octanol–water partition coefficient (Wildman–Crippen LogP) is 1.35. The van der Waals surface area contributed by atoms with Gasteiger partial charge in [0.2, 0.25) is 0 Å². The highest BCUT2D eigenvalue weighted by Crippen LogP contribution is 2.40. The molecule has 14 heavy (non-hydrogen) atoms. The van der Waals surface area contributed by atoms with Crippen LogP contribution in [0.3, 0.4) is 0 Å². The van der Waals surface area contributed by atoms with Crippen LogP contribution in [-0.4, -0.2) is 16.3 Å². The molecule has 0 amide bonds. The normalized spacial score (nSPS) is 31.2. The van der Waals surface area contributed by atoms with Crippen molar-refractivity contribution in [3.8, 4) is 5.75 Å². The summed E-state index contributed by atoms with van der Waals surface area (Å²) >= 11 is 5.77. The first-order valence-electron chi connectivity index (χ1n) is 4.47. The molecule has 0 atom stereocenters. The van der Waals surface area contributed by atoms with Gasteiger partial charge in [-0.3, -0.25) is 0 Å². The van der Waals surface area contributed by atoms with E-state index < -0.39 is 5.54 Å². The molecule has 0 aromatic heterocycles.